The van der Waals surface area contributed by atoms with Crippen molar-refractivity contribution < 1.29 is 0 Å². The van der Waals surface area contributed by atoms with E-state index in [1.165, 1.54) is 0 Å². The van der Waals surface area contributed by atoms with E-state index in [2.05, 4.69) is 25.8 Å². The molecule has 2 aromatic rings. The van der Waals surface area contributed by atoms with Crippen LogP contribution < -0.4 is 10.6 Å². The molecule has 0 unspecified atom stereocenters. The van der Waals surface area contributed by atoms with Crippen LogP contribution in [0.4, 0.5) is 0 Å². The van der Waals surface area contributed by atoms with E-state index in [1.807, 2.05) is 23.6 Å². The van der Waals surface area contributed by atoms with Crippen LogP contribution in [0.5, 0.6) is 0 Å². The summed E-state index contributed by atoms with van der Waals surface area (Å²) in [5.74, 6) is 1.52. The average Bonchev–Trinajstić information content (AvgIpc) is 2.96. The molecule has 0 aliphatic carbocycles. The molecule has 0 saturated carbocycles. The highest BCUT2D eigenvalue weighted by Gasteiger charge is 2.06. The van der Waals surface area contributed by atoms with E-state index in [0.717, 1.165) is 17.9 Å². The molecule has 0 bridgehead atoms. The summed E-state index contributed by atoms with van der Waals surface area (Å²) in [6.07, 6.45) is 1.71. The van der Waals surface area contributed by atoms with Crippen molar-refractivity contribution >= 4 is 53.1 Å². The van der Waals surface area contributed by atoms with Gasteiger partial charge in [-0.15, -0.1) is 34.2 Å². The van der Waals surface area contributed by atoms with E-state index in [4.69, 9.17) is 23.2 Å². The normalized spacial score (nSPS) is 11.0. The fourth-order valence-corrected chi connectivity index (χ4v) is 2.38. The van der Waals surface area contributed by atoms with Crippen molar-refractivity contribution in [2.45, 2.75) is 26.6 Å². The van der Waals surface area contributed by atoms with E-state index in [9.17, 15) is 0 Å². The molecule has 0 spiro atoms. The smallest absolute Gasteiger partial charge is 0.191 e. The maximum Gasteiger partial charge on any atom is 0.191 e. The Hall–Kier alpha value is -1.06. The van der Waals surface area contributed by atoms with E-state index >= 15 is 0 Å². The van der Waals surface area contributed by atoms with E-state index in [-0.39, 0.29) is 24.0 Å². The van der Waals surface area contributed by atoms with Crippen LogP contribution in [0, 0.1) is 0 Å². The van der Waals surface area contributed by atoms with Gasteiger partial charge in [-0.3, -0.25) is 4.99 Å². The number of halogens is 3. The topological polar surface area (TPSA) is 67.1 Å². The van der Waals surface area contributed by atoms with Gasteiger partial charge in [0.05, 0.1) is 6.54 Å². The lowest BCUT2D eigenvalue weighted by Crippen LogP contribution is -2.37. The number of rotatable bonds is 5. The first-order chi connectivity index (χ1) is 10.6. The second-order valence-corrected chi connectivity index (χ2v) is 5.39. The molecular formula is C14H19Cl2IN6. The minimum absolute atomic E-state index is 0. The van der Waals surface area contributed by atoms with Crippen molar-refractivity contribution in [3.05, 3.63) is 46.0 Å². The van der Waals surface area contributed by atoms with Gasteiger partial charge in [-0.2, -0.15) is 0 Å². The molecule has 0 radical (unpaired) electrons. The minimum Gasteiger partial charge on any atom is -0.352 e. The predicted octanol–water partition coefficient (Wildman–Crippen LogP) is 3.09. The number of guanidine groups is 1. The van der Waals surface area contributed by atoms with Gasteiger partial charge >= 0.3 is 0 Å². The summed E-state index contributed by atoms with van der Waals surface area (Å²) < 4.78 is 1.97. The summed E-state index contributed by atoms with van der Waals surface area (Å²) in [6, 6.07) is 5.42. The van der Waals surface area contributed by atoms with Gasteiger partial charge in [0.2, 0.25) is 0 Å². The number of aliphatic imine (C=N–C) groups is 1. The molecule has 0 atom stereocenters. The summed E-state index contributed by atoms with van der Waals surface area (Å²) in [5, 5.41) is 15.6. The molecular weight excluding hydrogens is 450 g/mol. The Morgan fingerprint density at radius 2 is 2.00 bits per heavy atom. The van der Waals surface area contributed by atoms with Crippen LogP contribution in [0.25, 0.3) is 0 Å². The maximum atomic E-state index is 6.15. The lowest BCUT2D eigenvalue weighted by atomic mass is 10.2. The first-order valence-corrected chi connectivity index (χ1v) is 7.64. The monoisotopic (exact) mass is 468 g/mol. The number of hydrogen-bond donors (Lipinski definition) is 2. The first-order valence-electron chi connectivity index (χ1n) is 6.89. The Bertz CT molecular complexity index is 658. The summed E-state index contributed by atoms with van der Waals surface area (Å²) in [7, 11) is 1.71. The molecule has 0 saturated heterocycles. The summed E-state index contributed by atoms with van der Waals surface area (Å²) >= 11 is 12.0. The molecule has 1 aromatic heterocycles. The first kappa shape index (κ1) is 20.0. The minimum atomic E-state index is 0. The molecule has 9 heteroatoms. The van der Waals surface area contributed by atoms with Gasteiger partial charge in [-0.05, 0) is 24.6 Å². The Morgan fingerprint density at radius 3 is 2.65 bits per heavy atom. The molecule has 6 nitrogen and oxygen atoms in total. The van der Waals surface area contributed by atoms with Gasteiger partial charge < -0.3 is 15.2 Å². The van der Waals surface area contributed by atoms with Gasteiger partial charge in [0, 0.05) is 30.2 Å². The van der Waals surface area contributed by atoms with E-state index in [1.54, 1.807) is 19.4 Å². The van der Waals surface area contributed by atoms with Crippen molar-refractivity contribution in [3.8, 4) is 0 Å². The molecule has 2 N–H and O–H groups in total. The van der Waals surface area contributed by atoms with E-state index < -0.39 is 0 Å². The SMILES string of the molecule is CCn1cnnc1CNC(=NC)NCc1ccc(Cl)cc1Cl.I. The third-order valence-corrected chi connectivity index (χ3v) is 3.72. The number of aryl methyl sites for hydroxylation is 1. The fraction of sp³-hybridized carbons (Fsp3) is 0.357. The average molecular weight is 469 g/mol. The molecule has 0 fully saturated rings. The Kier molecular flexibility index (Phi) is 8.64. The molecule has 1 heterocycles. The molecule has 126 valence electrons. The molecule has 0 amide bonds. The van der Waals surface area contributed by atoms with Crippen LogP contribution in [-0.4, -0.2) is 27.8 Å². The van der Waals surface area contributed by atoms with Crippen LogP contribution in [-0.2, 0) is 19.6 Å². The van der Waals surface area contributed by atoms with Gasteiger partial charge in [0.15, 0.2) is 11.8 Å². The molecule has 1 aromatic carbocycles. The van der Waals surface area contributed by atoms with Crippen LogP contribution in [0.1, 0.15) is 18.3 Å². The van der Waals surface area contributed by atoms with Crippen molar-refractivity contribution in [1.29, 1.82) is 0 Å². The lowest BCUT2D eigenvalue weighted by Gasteiger charge is -2.12. The largest absolute Gasteiger partial charge is 0.352 e. The highest BCUT2D eigenvalue weighted by Crippen LogP contribution is 2.20. The summed E-state index contributed by atoms with van der Waals surface area (Å²) in [6.45, 7) is 3.97. The summed E-state index contributed by atoms with van der Waals surface area (Å²) in [5.41, 5.74) is 0.950. The quantitative estimate of drug-likeness (QED) is 0.402. The maximum absolute atomic E-state index is 6.15. The highest BCUT2D eigenvalue weighted by molar-refractivity contribution is 14.0. The van der Waals surface area contributed by atoms with Crippen molar-refractivity contribution in [2.75, 3.05) is 7.05 Å². The summed E-state index contributed by atoms with van der Waals surface area (Å²) in [4.78, 5) is 4.17. The number of aromatic nitrogens is 3. The molecule has 0 aliphatic rings. The fourth-order valence-electron chi connectivity index (χ4n) is 1.91. The second-order valence-electron chi connectivity index (χ2n) is 4.55. The predicted molar refractivity (Wildman–Crippen MR) is 105 cm³/mol. The zero-order valence-corrected chi connectivity index (χ0v) is 16.7. The van der Waals surface area contributed by atoms with Crippen LogP contribution in [0.15, 0.2) is 29.5 Å². The third-order valence-electron chi connectivity index (χ3n) is 3.14. The van der Waals surface area contributed by atoms with Gasteiger partial charge in [-0.1, -0.05) is 29.3 Å². The van der Waals surface area contributed by atoms with Crippen LogP contribution in [0.2, 0.25) is 10.0 Å². The van der Waals surface area contributed by atoms with Crippen molar-refractivity contribution in [3.63, 3.8) is 0 Å². The molecule has 0 aliphatic heterocycles. The standard InChI is InChI=1S/C14H18Cl2N6.HI/c1-3-22-9-20-21-13(22)8-19-14(17-2)18-7-10-4-5-11(15)6-12(10)16;/h4-6,9H,3,7-8H2,1-2H3,(H2,17,18,19);1H. The number of benzene rings is 1. The zero-order valence-electron chi connectivity index (χ0n) is 12.9. The number of nitrogens with one attached hydrogen (secondary N) is 2. The zero-order chi connectivity index (χ0) is 15.9. The van der Waals surface area contributed by atoms with Crippen molar-refractivity contribution in [1.82, 2.24) is 25.4 Å². The molecule has 23 heavy (non-hydrogen) atoms. The number of nitrogens with zero attached hydrogens (tertiary/aromatic N) is 4. The van der Waals surface area contributed by atoms with Crippen LogP contribution >= 0.6 is 47.2 Å². The number of hydrogen-bond acceptors (Lipinski definition) is 3. The van der Waals surface area contributed by atoms with Gasteiger partial charge in [0.25, 0.3) is 0 Å². The lowest BCUT2D eigenvalue weighted by molar-refractivity contribution is 0.670. The second kappa shape index (κ2) is 9.94. The van der Waals surface area contributed by atoms with E-state index in [0.29, 0.717) is 29.1 Å². The Balaban J connectivity index is 0.00000264. The molecule has 2 rings (SSSR count). The third kappa shape index (κ3) is 5.82. The van der Waals surface area contributed by atoms with Crippen molar-refractivity contribution in [2.24, 2.45) is 4.99 Å². The van der Waals surface area contributed by atoms with Crippen LogP contribution in [0.3, 0.4) is 0 Å². The highest BCUT2D eigenvalue weighted by atomic mass is 127. The van der Waals surface area contributed by atoms with Gasteiger partial charge in [0.1, 0.15) is 6.33 Å². The Labute approximate surface area is 162 Å². The van der Waals surface area contributed by atoms with Gasteiger partial charge in [-0.25, -0.2) is 0 Å². The Morgan fingerprint density at radius 1 is 1.26 bits per heavy atom.